The summed E-state index contributed by atoms with van der Waals surface area (Å²) in [4.78, 5) is 49.5. The molecule has 11 unspecified atom stereocenters. The van der Waals surface area contributed by atoms with E-state index in [-0.39, 0.29) is 56.3 Å². The lowest BCUT2D eigenvalue weighted by molar-refractivity contribution is -0.302. The highest BCUT2D eigenvalue weighted by molar-refractivity contribution is 6.39. The SMILES string of the molecule is C=CCC1C=C(C)CC(C)CC(OC)C2OC(O)(C(=O)C(=O)N3CCCCC3C(=O)OC(C(C)=CC3CCC(O)CC3)C(C)C(O)CC1=NOCCF)C(C)CC2OC. The lowest BCUT2D eigenvalue weighted by Gasteiger charge is -2.47. The van der Waals surface area contributed by atoms with E-state index in [4.69, 9.17) is 23.8 Å². The fourth-order valence-electron chi connectivity index (χ4n) is 9.43. The van der Waals surface area contributed by atoms with E-state index in [9.17, 15) is 34.1 Å². The molecule has 2 bridgehead atoms. The molecule has 1 aliphatic carbocycles. The molecule has 0 aromatic carbocycles. The molecule has 0 aromatic heterocycles. The number of piperidine rings is 1. The third-order valence-corrected chi connectivity index (χ3v) is 12.9. The number of esters is 1. The fourth-order valence-corrected chi connectivity index (χ4v) is 9.43. The Balaban J connectivity index is 1.83. The number of nitrogens with zero attached hydrogens (tertiary/aromatic N) is 2. The van der Waals surface area contributed by atoms with Crippen LogP contribution in [0.25, 0.3) is 0 Å². The van der Waals surface area contributed by atoms with E-state index in [1.54, 1.807) is 19.9 Å². The van der Waals surface area contributed by atoms with Gasteiger partial charge in [-0.1, -0.05) is 49.7 Å². The number of alkyl halides is 1. The zero-order chi connectivity index (χ0) is 43.4. The summed E-state index contributed by atoms with van der Waals surface area (Å²) in [5, 5.41) is 38.6. The average Bonchev–Trinajstić information content (AvgIpc) is 3.21. The number of ketones is 1. The highest BCUT2D eigenvalue weighted by atomic mass is 19.1. The minimum Gasteiger partial charge on any atom is -0.456 e. The number of cyclic esters (lactones) is 1. The number of methoxy groups -OCH3 is 2. The van der Waals surface area contributed by atoms with Crippen LogP contribution in [0.2, 0.25) is 0 Å². The third-order valence-electron chi connectivity index (χ3n) is 12.9. The van der Waals surface area contributed by atoms with E-state index in [0.29, 0.717) is 56.2 Å². The highest BCUT2D eigenvalue weighted by Gasteiger charge is 2.56. The van der Waals surface area contributed by atoms with Crippen molar-refractivity contribution in [2.24, 2.45) is 34.7 Å². The predicted octanol–water partition coefficient (Wildman–Crippen LogP) is 5.79. The topological polar surface area (TPSA) is 174 Å². The van der Waals surface area contributed by atoms with Crippen LogP contribution in [-0.4, -0.2) is 126 Å². The molecule has 4 aliphatic rings. The summed E-state index contributed by atoms with van der Waals surface area (Å²) in [7, 11) is 3.06. The normalized spacial score (nSPS) is 38.5. The average molecular weight is 835 g/mol. The summed E-state index contributed by atoms with van der Waals surface area (Å²) < 4.78 is 37.6. The van der Waals surface area contributed by atoms with Crippen LogP contribution in [0.5, 0.6) is 0 Å². The molecule has 1 amide bonds. The number of halogens is 1. The van der Waals surface area contributed by atoms with E-state index in [0.717, 1.165) is 18.4 Å². The molecule has 3 fully saturated rings. The van der Waals surface area contributed by atoms with Crippen LogP contribution >= 0.6 is 0 Å². The van der Waals surface area contributed by atoms with Crippen molar-refractivity contribution in [1.82, 2.24) is 4.90 Å². The monoisotopic (exact) mass is 835 g/mol. The number of carbonyl (C=O) groups is 3. The zero-order valence-electron chi connectivity index (χ0n) is 36.4. The first-order chi connectivity index (χ1) is 28.1. The minimum atomic E-state index is -2.51. The zero-order valence-corrected chi connectivity index (χ0v) is 36.4. The molecule has 59 heavy (non-hydrogen) atoms. The second-order valence-corrected chi connectivity index (χ2v) is 17.6. The van der Waals surface area contributed by atoms with Crippen molar-refractivity contribution >= 4 is 23.4 Å². The van der Waals surface area contributed by atoms with Gasteiger partial charge in [0.2, 0.25) is 5.79 Å². The quantitative estimate of drug-likeness (QED) is 0.0845. The first kappa shape index (κ1) is 48.7. The third kappa shape index (κ3) is 12.5. The standard InChI is InChI=1S/C45H71FN2O11/c1-9-12-33-22-27(2)21-28(3)23-38(55-7)41-39(56-8)25-30(5)45(54,59-41)42(51)43(52)48-19-11-10-13-36(48)44(53)58-40(29(4)24-32-14-16-34(49)17-15-32)31(6)37(50)26-35(33)47-57-20-18-46/h9,22,24,28,30-34,36-41,49-50,54H,1,10-21,23,25-26H2,2-8H3. The first-order valence-corrected chi connectivity index (χ1v) is 21.7. The lowest BCUT2D eigenvalue weighted by atomic mass is 9.82. The molecular formula is C45H71FN2O11. The summed E-state index contributed by atoms with van der Waals surface area (Å²) >= 11 is 0. The second kappa shape index (κ2) is 22.7. The first-order valence-electron chi connectivity index (χ1n) is 21.7. The van der Waals surface area contributed by atoms with Gasteiger partial charge in [-0.25, -0.2) is 9.18 Å². The van der Waals surface area contributed by atoms with Crippen LogP contribution in [0.1, 0.15) is 112 Å². The Labute approximate surface area is 350 Å². The van der Waals surface area contributed by atoms with E-state index in [1.165, 1.54) is 19.1 Å². The number of ether oxygens (including phenoxy) is 4. The molecule has 0 spiro atoms. The molecule has 3 N–H and O–H groups in total. The van der Waals surface area contributed by atoms with Crippen LogP contribution in [0, 0.1) is 29.6 Å². The van der Waals surface area contributed by atoms with Crippen molar-refractivity contribution in [3.8, 4) is 0 Å². The maximum atomic E-state index is 14.4. The molecule has 334 valence electrons. The van der Waals surface area contributed by atoms with Gasteiger partial charge in [-0.3, -0.25) is 9.59 Å². The molecule has 4 rings (SSSR count). The van der Waals surface area contributed by atoms with Gasteiger partial charge in [-0.15, -0.1) is 6.58 Å². The van der Waals surface area contributed by atoms with Crippen LogP contribution in [0.4, 0.5) is 4.39 Å². The molecule has 0 radical (unpaired) electrons. The van der Waals surface area contributed by atoms with Crippen LogP contribution in [0.15, 0.2) is 41.1 Å². The molecule has 1 saturated carbocycles. The number of hydrogen-bond acceptors (Lipinski definition) is 12. The van der Waals surface area contributed by atoms with Crippen LogP contribution in [-0.2, 0) is 38.2 Å². The summed E-state index contributed by atoms with van der Waals surface area (Å²) in [5.74, 6) is -7.19. The van der Waals surface area contributed by atoms with Gasteiger partial charge in [0.15, 0.2) is 0 Å². The Morgan fingerprint density at radius 3 is 2.36 bits per heavy atom. The van der Waals surface area contributed by atoms with Crippen molar-refractivity contribution in [3.05, 3.63) is 36.0 Å². The molecule has 13 nitrogen and oxygen atoms in total. The van der Waals surface area contributed by atoms with Crippen LogP contribution in [0.3, 0.4) is 0 Å². The summed E-state index contributed by atoms with van der Waals surface area (Å²) in [6.07, 6.45) is 7.25. The highest BCUT2D eigenvalue weighted by Crippen LogP contribution is 2.39. The summed E-state index contributed by atoms with van der Waals surface area (Å²) in [5.41, 5.74) is 2.19. The number of Topliss-reactive ketones (excluding diaryl/α,β-unsaturated/α-hetero) is 1. The van der Waals surface area contributed by atoms with Crippen molar-refractivity contribution in [2.45, 2.75) is 160 Å². The van der Waals surface area contributed by atoms with Crippen LogP contribution < -0.4 is 0 Å². The number of carbonyl (C=O) groups excluding carboxylic acids is 3. The van der Waals surface area contributed by atoms with Gasteiger partial charge in [0.05, 0.1) is 30.1 Å². The summed E-state index contributed by atoms with van der Waals surface area (Å²) in [6, 6.07) is -1.13. The number of amides is 1. The molecule has 0 aromatic rings. The van der Waals surface area contributed by atoms with Crippen molar-refractivity contribution in [1.29, 1.82) is 0 Å². The minimum absolute atomic E-state index is 0.00887. The molecular weight excluding hydrogens is 763 g/mol. The molecule has 3 aliphatic heterocycles. The number of fused-ring (bicyclic) bond motifs is 3. The Kier molecular flexibility index (Phi) is 18.7. The molecule has 2 saturated heterocycles. The Bertz CT molecular complexity index is 1510. The van der Waals surface area contributed by atoms with Gasteiger partial charge >= 0.3 is 5.97 Å². The Morgan fingerprint density at radius 2 is 1.71 bits per heavy atom. The second-order valence-electron chi connectivity index (χ2n) is 17.6. The maximum Gasteiger partial charge on any atom is 0.329 e. The number of hydrogen-bond donors (Lipinski definition) is 3. The largest absolute Gasteiger partial charge is 0.456 e. The molecule has 14 heteroatoms. The number of allylic oxidation sites excluding steroid dienone is 4. The van der Waals surface area contributed by atoms with Gasteiger partial charge < -0.3 is 44.0 Å². The van der Waals surface area contributed by atoms with Gasteiger partial charge in [0, 0.05) is 44.9 Å². The maximum absolute atomic E-state index is 14.4. The van der Waals surface area contributed by atoms with E-state index >= 15 is 0 Å². The van der Waals surface area contributed by atoms with Crippen molar-refractivity contribution in [3.63, 3.8) is 0 Å². The predicted molar refractivity (Wildman–Crippen MR) is 221 cm³/mol. The van der Waals surface area contributed by atoms with Gasteiger partial charge in [0.1, 0.15) is 31.5 Å². The molecule has 3 heterocycles. The lowest BCUT2D eigenvalue weighted by Crippen LogP contribution is -2.64. The van der Waals surface area contributed by atoms with E-state index in [2.05, 4.69) is 24.7 Å². The number of rotatable bonds is 9. The molecule has 11 atom stereocenters. The Morgan fingerprint density at radius 1 is 1.03 bits per heavy atom. The summed E-state index contributed by atoms with van der Waals surface area (Å²) in [6.45, 7) is 12.4. The number of oxime groups is 1. The number of aliphatic hydroxyl groups is 3. The fraction of sp³-hybridized carbons (Fsp3) is 0.778. The van der Waals surface area contributed by atoms with Gasteiger partial charge in [0.25, 0.3) is 11.7 Å². The van der Waals surface area contributed by atoms with Crippen molar-refractivity contribution < 1.29 is 57.9 Å². The van der Waals surface area contributed by atoms with Crippen molar-refractivity contribution in [2.75, 3.05) is 34.0 Å². The smallest absolute Gasteiger partial charge is 0.329 e. The van der Waals surface area contributed by atoms with Gasteiger partial charge in [-0.05, 0) is 102 Å². The van der Waals surface area contributed by atoms with E-state index in [1.807, 2.05) is 19.9 Å². The van der Waals surface area contributed by atoms with E-state index < -0.39 is 78.5 Å². The van der Waals surface area contributed by atoms with Gasteiger partial charge in [-0.2, -0.15) is 0 Å². The Hall–Kier alpha value is -3.01. The number of aliphatic hydroxyl groups excluding tert-OH is 2.